The summed E-state index contributed by atoms with van der Waals surface area (Å²) in [7, 11) is 5.30. The molecule has 0 atom stereocenters. The number of pyridine rings is 1. The number of imidazole rings is 1. The highest BCUT2D eigenvalue weighted by atomic mass is 19.1. The summed E-state index contributed by atoms with van der Waals surface area (Å²) < 4.78 is 19.8. The molecule has 0 fully saturated rings. The van der Waals surface area contributed by atoms with Crippen molar-refractivity contribution in [1.29, 1.82) is 0 Å². The third-order valence-electron chi connectivity index (χ3n) is 3.69. The predicted octanol–water partition coefficient (Wildman–Crippen LogP) is 2.99. The first-order chi connectivity index (χ1) is 11.5. The Morgan fingerprint density at radius 1 is 1.25 bits per heavy atom. The fourth-order valence-corrected chi connectivity index (χ4v) is 2.65. The van der Waals surface area contributed by atoms with Crippen LogP contribution in [0.1, 0.15) is 16.1 Å². The van der Waals surface area contributed by atoms with Crippen molar-refractivity contribution in [3.63, 3.8) is 0 Å². The highest BCUT2D eigenvalue weighted by molar-refractivity contribution is 5.96. The minimum absolute atomic E-state index is 0.329. The largest absolute Gasteiger partial charge is 0.464 e. The van der Waals surface area contributed by atoms with E-state index < -0.39 is 5.97 Å². The lowest BCUT2D eigenvalue weighted by molar-refractivity contribution is 0.0594. The lowest BCUT2D eigenvalue weighted by atomic mass is 10.1. The molecule has 1 aromatic carbocycles. The van der Waals surface area contributed by atoms with Crippen LogP contribution in [-0.2, 0) is 11.3 Å². The number of hydrogen-bond donors (Lipinski definition) is 0. The van der Waals surface area contributed by atoms with Crippen molar-refractivity contribution in [3.05, 3.63) is 59.7 Å². The highest BCUT2D eigenvalue weighted by Gasteiger charge is 2.21. The number of nitrogens with zero attached hydrogens (tertiary/aromatic N) is 3. The Hall–Kier alpha value is -2.73. The van der Waals surface area contributed by atoms with Crippen LogP contribution in [-0.4, -0.2) is 41.5 Å². The maximum Gasteiger partial charge on any atom is 0.357 e. The molecule has 5 nitrogen and oxygen atoms in total. The standard InChI is InChI=1S/C18H18FN3O2/c1-21(2)11-12-8-9-22-15(10-12)20-16(17(22)18(23)24-3)13-4-6-14(19)7-5-13/h4-10H,11H2,1-3H3. The second-order valence-corrected chi connectivity index (χ2v) is 5.81. The van der Waals surface area contributed by atoms with E-state index in [1.807, 2.05) is 26.2 Å². The molecule has 0 radical (unpaired) electrons. The number of aromatic nitrogens is 2. The lowest BCUT2D eigenvalue weighted by Crippen LogP contribution is -2.11. The quantitative estimate of drug-likeness (QED) is 0.691. The molecule has 0 spiro atoms. The van der Waals surface area contributed by atoms with Gasteiger partial charge < -0.3 is 9.64 Å². The van der Waals surface area contributed by atoms with Crippen molar-refractivity contribution in [1.82, 2.24) is 14.3 Å². The average Bonchev–Trinajstić information content (AvgIpc) is 2.92. The van der Waals surface area contributed by atoms with Crippen molar-refractivity contribution in [3.8, 4) is 11.3 Å². The average molecular weight is 327 g/mol. The Morgan fingerprint density at radius 2 is 1.96 bits per heavy atom. The first kappa shape index (κ1) is 16.1. The Morgan fingerprint density at radius 3 is 2.58 bits per heavy atom. The van der Waals surface area contributed by atoms with Gasteiger partial charge in [-0.25, -0.2) is 14.2 Å². The van der Waals surface area contributed by atoms with E-state index in [9.17, 15) is 9.18 Å². The summed E-state index contributed by atoms with van der Waals surface area (Å²) in [5.41, 5.74) is 3.20. The van der Waals surface area contributed by atoms with Crippen LogP contribution < -0.4 is 0 Å². The Balaban J connectivity index is 2.19. The smallest absolute Gasteiger partial charge is 0.357 e. The van der Waals surface area contributed by atoms with Crippen LogP contribution >= 0.6 is 0 Å². The van der Waals surface area contributed by atoms with Gasteiger partial charge in [0.1, 0.15) is 17.2 Å². The molecular weight excluding hydrogens is 309 g/mol. The third kappa shape index (κ3) is 3.00. The number of ether oxygens (including phenoxy) is 1. The van der Waals surface area contributed by atoms with Gasteiger partial charge >= 0.3 is 5.97 Å². The van der Waals surface area contributed by atoms with Crippen LogP contribution in [0, 0.1) is 5.82 Å². The first-order valence-corrected chi connectivity index (χ1v) is 7.49. The number of benzene rings is 1. The number of esters is 1. The molecule has 3 aromatic rings. The molecule has 0 saturated heterocycles. The van der Waals surface area contributed by atoms with Crippen LogP contribution in [0.5, 0.6) is 0 Å². The number of hydrogen-bond acceptors (Lipinski definition) is 4. The SMILES string of the molecule is COC(=O)c1c(-c2ccc(F)cc2)nc2cc(CN(C)C)ccn12. The molecule has 0 aliphatic carbocycles. The van der Waals surface area contributed by atoms with Gasteiger partial charge in [0.25, 0.3) is 0 Å². The second kappa shape index (κ2) is 6.41. The Labute approximate surface area is 139 Å². The van der Waals surface area contributed by atoms with Crippen molar-refractivity contribution in [2.75, 3.05) is 21.2 Å². The van der Waals surface area contributed by atoms with Crippen LogP contribution in [0.3, 0.4) is 0 Å². The number of carbonyl (C=O) groups is 1. The first-order valence-electron chi connectivity index (χ1n) is 7.49. The lowest BCUT2D eigenvalue weighted by Gasteiger charge is -2.09. The fourth-order valence-electron chi connectivity index (χ4n) is 2.65. The molecule has 2 aromatic heterocycles. The molecule has 0 bridgehead atoms. The van der Waals surface area contributed by atoms with E-state index in [1.54, 1.807) is 22.7 Å². The molecular formula is C18H18FN3O2. The van der Waals surface area contributed by atoms with Gasteiger partial charge in [0.2, 0.25) is 0 Å². The Kier molecular flexibility index (Phi) is 4.31. The molecule has 124 valence electrons. The van der Waals surface area contributed by atoms with Crippen molar-refractivity contribution in [2.24, 2.45) is 0 Å². The van der Waals surface area contributed by atoms with Crippen LogP contribution in [0.15, 0.2) is 42.6 Å². The van der Waals surface area contributed by atoms with Crippen molar-refractivity contribution in [2.45, 2.75) is 6.54 Å². The molecule has 0 amide bonds. The number of rotatable bonds is 4. The van der Waals surface area contributed by atoms with Gasteiger partial charge in [0, 0.05) is 18.3 Å². The van der Waals surface area contributed by atoms with E-state index >= 15 is 0 Å². The summed E-state index contributed by atoms with van der Waals surface area (Å²) in [5, 5.41) is 0. The predicted molar refractivity (Wildman–Crippen MR) is 89.3 cm³/mol. The van der Waals surface area contributed by atoms with E-state index in [0.29, 0.717) is 22.6 Å². The summed E-state index contributed by atoms with van der Waals surface area (Å²) in [6, 6.07) is 9.76. The van der Waals surface area contributed by atoms with Gasteiger partial charge in [0.05, 0.1) is 7.11 Å². The van der Waals surface area contributed by atoms with E-state index in [-0.39, 0.29) is 5.82 Å². The van der Waals surface area contributed by atoms with E-state index in [1.165, 1.54) is 19.2 Å². The number of halogens is 1. The zero-order chi connectivity index (χ0) is 17.3. The van der Waals surface area contributed by atoms with E-state index in [2.05, 4.69) is 9.88 Å². The summed E-state index contributed by atoms with van der Waals surface area (Å²) in [4.78, 5) is 18.9. The third-order valence-corrected chi connectivity index (χ3v) is 3.69. The highest BCUT2D eigenvalue weighted by Crippen LogP contribution is 2.26. The zero-order valence-corrected chi connectivity index (χ0v) is 13.8. The summed E-state index contributed by atoms with van der Waals surface area (Å²) in [6.07, 6.45) is 1.81. The van der Waals surface area contributed by atoms with Crippen molar-refractivity contribution >= 4 is 11.6 Å². The zero-order valence-electron chi connectivity index (χ0n) is 13.8. The molecule has 6 heteroatoms. The minimum Gasteiger partial charge on any atom is -0.464 e. The summed E-state index contributed by atoms with van der Waals surface area (Å²) in [5.74, 6) is -0.822. The molecule has 0 unspecified atom stereocenters. The van der Waals surface area contributed by atoms with Gasteiger partial charge in [-0.05, 0) is 56.1 Å². The van der Waals surface area contributed by atoms with Gasteiger partial charge in [-0.3, -0.25) is 4.40 Å². The van der Waals surface area contributed by atoms with Gasteiger partial charge in [-0.15, -0.1) is 0 Å². The van der Waals surface area contributed by atoms with Crippen molar-refractivity contribution < 1.29 is 13.9 Å². The molecule has 0 saturated carbocycles. The minimum atomic E-state index is -0.484. The molecule has 0 N–H and O–H groups in total. The van der Waals surface area contributed by atoms with Crippen LogP contribution in [0.2, 0.25) is 0 Å². The topological polar surface area (TPSA) is 46.8 Å². The monoisotopic (exact) mass is 327 g/mol. The number of carbonyl (C=O) groups excluding carboxylic acids is 1. The number of methoxy groups -OCH3 is 1. The van der Waals surface area contributed by atoms with Crippen LogP contribution in [0.25, 0.3) is 16.9 Å². The van der Waals surface area contributed by atoms with Gasteiger partial charge in [-0.1, -0.05) is 0 Å². The van der Waals surface area contributed by atoms with Gasteiger partial charge in [-0.2, -0.15) is 0 Å². The maximum atomic E-state index is 13.2. The van der Waals surface area contributed by atoms with Gasteiger partial charge in [0.15, 0.2) is 5.69 Å². The molecule has 24 heavy (non-hydrogen) atoms. The second-order valence-electron chi connectivity index (χ2n) is 5.81. The van der Waals surface area contributed by atoms with E-state index in [0.717, 1.165) is 12.1 Å². The molecule has 0 aliphatic rings. The maximum absolute atomic E-state index is 13.2. The Bertz CT molecular complexity index is 885. The fraction of sp³-hybridized carbons (Fsp3) is 0.222. The molecule has 0 aliphatic heterocycles. The summed E-state index contributed by atoms with van der Waals surface area (Å²) >= 11 is 0. The van der Waals surface area contributed by atoms with E-state index in [4.69, 9.17) is 4.74 Å². The number of fused-ring (bicyclic) bond motifs is 1. The summed E-state index contributed by atoms with van der Waals surface area (Å²) in [6.45, 7) is 0.767. The normalized spacial score (nSPS) is 11.2. The molecule has 2 heterocycles. The van der Waals surface area contributed by atoms with Crippen LogP contribution in [0.4, 0.5) is 4.39 Å². The molecule has 3 rings (SSSR count).